The summed E-state index contributed by atoms with van der Waals surface area (Å²) >= 11 is 0. The van der Waals surface area contributed by atoms with Gasteiger partial charge < -0.3 is 8.85 Å². The molecular weight excluding hydrogens is 444 g/mol. The Morgan fingerprint density at radius 1 is 0.314 bits per heavy atom. The van der Waals surface area contributed by atoms with Gasteiger partial charge in [0.1, 0.15) is 0 Å². The summed E-state index contributed by atoms with van der Waals surface area (Å²) in [4.78, 5) is 0. The van der Waals surface area contributed by atoms with E-state index in [1.54, 1.807) is 0 Å². The van der Waals surface area contributed by atoms with Gasteiger partial charge in [-0.05, 0) is 12.1 Å². The van der Waals surface area contributed by atoms with Crippen molar-refractivity contribution in [2.45, 2.75) is 193 Å². The zero-order chi connectivity index (χ0) is 25.7. The lowest BCUT2D eigenvalue weighted by Crippen LogP contribution is -2.39. The van der Waals surface area contributed by atoms with E-state index in [1.807, 2.05) is 14.2 Å². The molecule has 0 bridgehead atoms. The summed E-state index contributed by atoms with van der Waals surface area (Å²) < 4.78 is 12.0. The van der Waals surface area contributed by atoms with Gasteiger partial charge in [0.05, 0.1) is 0 Å². The molecule has 0 rings (SSSR count). The molecule has 0 spiro atoms. The second-order valence-electron chi connectivity index (χ2n) is 11.3. The molecular formula is C32H68O2Si. The van der Waals surface area contributed by atoms with Crippen molar-refractivity contribution in [2.75, 3.05) is 14.2 Å². The van der Waals surface area contributed by atoms with E-state index < -0.39 is 8.56 Å². The highest BCUT2D eigenvalue weighted by molar-refractivity contribution is 6.67. The monoisotopic (exact) mass is 512 g/mol. The van der Waals surface area contributed by atoms with Crippen LogP contribution in [0.25, 0.3) is 0 Å². The molecule has 0 saturated carbocycles. The highest BCUT2D eigenvalue weighted by Crippen LogP contribution is 2.25. The van der Waals surface area contributed by atoms with E-state index in [0.29, 0.717) is 0 Å². The first-order valence-electron chi connectivity index (χ1n) is 16.3. The Morgan fingerprint density at radius 3 is 0.714 bits per heavy atom. The minimum atomic E-state index is -1.94. The number of hydrogen-bond donors (Lipinski definition) is 0. The van der Waals surface area contributed by atoms with Crippen LogP contribution in [0.1, 0.15) is 181 Å². The van der Waals surface area contributed by atoms with Crippen LogP contribution in [0.3, 0.4) is 0 Å². The molecule has 0 amide bonds. The summed E-state index contributed by atoms with van der Waals surface area (Å²) in [6.07, 6.45) is 36.8. The number of unbranched alkanes of at least 4 members (excludes halogenated alkanes) is 24. The predicted molar refractivity (Wildman–Crippen MR) is 161 cm³/mol. The van der Waals surface area contributed by atoms with Crippen molar-refractivity contribution in [3.63, 3.8) is 0 Å². The van der Waals surface area contributed by atoms with E-state index in [4.69, 9.17) is 8.85 Å². The Morgan fingerprint density at radius 2 is 0.514 bits per heavy atom. The molecule has 0 aromatic rings. The third-order valence-electron chi connectivity index (χ3n) is 8.07. The second-order valence-corrected chi connectivity index (χ2v) is 14.9. The van der Waals surface area contributed by atoms with E-state index in [9.17, 15) is 0 Å². The lowest BCUT2D eigenvalue weighted by Gasteiger charge is -2.27. The van der Waals surface area contributed by atoms with E-state index in [0.717, 1.165) is 0 Å². The maximum absolute atomic E-state index is 6.00. The Balaban J connectivity index is 3.51. The predicted octanol–water partition coefficient (Wildman–Crippen LogP) is 11.9. The third-order valence-corrected chi connectivity index (χ3v) is 11.8. The molecule has 0 saturated heterocycles. The van der Waals surface area contributed by atoms with Crippen LogP contribution in [0, 0.1) is 0 Å². The molecule has 0 aliphatic rings. The maximum Gasteiger partial charge on any atom is 0.337 e. The van der Waals surface area contributed by atoms with Crippen molar-refractivity contribution < 1.29 is 8.85 Å². The smallest absolute Gasteiger partial charge is 0.337 e. The van der Waals surface area contributed by atoms with Crippen molar-refractivity contribution >= 4 is 8.56 Å². The van der Waals surface area contributed by atoms with Gasteiger partial charge in [-0.3, -0.25) is 0 Å². The van der Waals surface area contributed by atoms with Crippen LogP contribution in [0.15, 0.2) is 0 Å². The largest absolute Gasteiger partial charge is 0.398 e. The maximum atomic E-state index is 6.00. The molecule has 0 aliphatic carbocycles. The molecule has 0 fully saturated rings. The zero-order valence-electron chi connectivity index (χ0n) is 25.1. The van der Waals surface area contributed by atoms with Gasteiger partial charge in [-0.15, -0.1) is 0 Å². The van der Waals surface area contributed by atoms with E-state index in [2.05, 4.69) is 13.8 Å². The molecule has 35 heavy (non-hydrogen) atoms. The normalized spacial score (nSPS) is 12.0. The van der Waals surface area contributed by atoms with Gasteiger partial charge >= 0.3 is 8.56 Å². The molecule has 0 aliphatic heterocycles. The summed E-state index contributed by atoms with van der Waals surface area (Å²) in [7, 11) is 1.86. The summed E-state index contributed by atoms with van der Waals surface area (Å²) in [5, 5.41) is 0. The summed E-state index contributed by atoms with van der Waals surface area (Å²) in [5.41, 5.74) is 0. The molecule has 212 valence electrons. The Labute approximate surface area is 224 Å². The van der Waals surface area contributed by atoms with Crippen LogP contribution in [0.4, 0.5) is 0 Å². The fourth-order valence-electron chi connectivity index (χ4n) is 5.44. The van der Waals surface area contributed by atoms with E-state index >= 15 is 0 Å². The summed E-state index contributed by atoms with van der Waals surface area (Å²) in [6.45, 7) is 4.60. The molecule has 0 aromatic carbocycles. The molecule has 0 heterocycles. The van der Waals surface area contributed by atoms with Gasteiger partial charge in [0.2, 0.25) is 0 Å². The SMILES string of the molecule is CCCCCCCCCCCCCCCCCCC[Si](CCCCCCCCCCC)(OC)OC. The Hall–Kier alpha value is 0.137. The van der Waals surface area contributed by atoms with Crippen molar-refractivity contribution in [1.29, 1.82) is 0 Å². The van der Waals surface area contributed by atoms with Gasteiger partial charge in [0.25, 0.3) is 0 Å². The highest BCUT2D eigenvalue weighted by Gasteiger charge is 2.33. The zero-order valence-corrected chi connectivity index (χ0v) is 26.1. The van der Waals surface area contributed by atoms with Crippen molar-refractivity contribution in [3.05, 3.63) is 0 Å². The van der Waals surface area contributed by atoms with Crippen LogP contribution in [0.5, 0.6) is 0 Å². The molecule has 0 radical (unpaired) electrons. The molecule has 0 unspecified atom stereocenters. The van der Waals surface area contributed by atoms with Crippen LogP contribution >= 0.6 is 0 Å². The number of rotatable bonds is 30. The van der Waals surface area contributed by atoms with E-state index in [-0.39, 0.29) is 0 Å². The van der Waals surface area contributed by atoms with Gasteiger partial charge in [-0.1, -0.05) is 181 Å². The Bertz CT molecular complexity index is 384. The molecule has 2 nitrogen and oxygen atoms in total. The first-order chi connectivity index (χ1) is 17.2. The van der Waals surface area contributed by atoms with Gasteiger partial charge in [0, 0.05) is 14.2 Å². The standard InChI is InChI=1S/C32H68O2Si/c1-5-7-9-11-13-15-16-17-18-19-20-21-22-24-26-28-30-32-35(33-3,34-4)31-29-27-25-23-14-12-10-8-6-2/h5-32H2,1-4H3. The van der Waals surface area contributed by atoms with Crippen LogP contribution in [0.2, 0.25) is 12.1 Å². The fourth-order valence-corrected chi connectivity index (χ4v) is 8.25. The minimum absolute atomic E-state index is 1.19. The number of hydrogen-bond acceptors (Lipinski definition) is 2. The first kappa shape index (κ1) is 35.1. The van der Waals surface area contributed by atoms with Crippen LogP contribution < -0.4 is 0 Å². The van der Waals surface area contributed by atoms with Crippen LogP contribution in [-0.2, 0) is 8.85 Å². The highest BCUT2D eigenvalue weighted by atomic mass is 28.4. The minimum Gasteiger partial charge on any atom is -0.398 e. The van der Waals surface area contributed by atoms with E-state index in [1.165, 1.54) is 179 Å². The second kappa shape index (κ2) is 28.7. The molecule has 0 aromatic heterocycles. The first-order valence-corrected chi connectivity index (χ1v) is 18.6. The molecule has 3 heteroatoms. The van der Waals surface area contributed by atoms with Crippen molar-refractivity contribution in [3.8, 4) is 0 Å². The summed E-state index contributed by atoms with van der Waals surface area (Å²) in [6, 6.07) is 2.38. The lowest BCUT2D eigenvalue weighted by atomic mass is 10.0. The molecule has 0 N–H and O–H groups in total. The average Bonchev–Trinajstić information content (AvgIpc) is 2.88. The fraction of sp³-hybridized carbons (Fsp3) is 1.00. The molecule has 0 atom stereocenters. The quantitative estimate of drug-likeness (QED) is 0.0703. The topological polar surface area (TPSA) is 18.5 Å². The van der Waals surface area contributed by atoms with Crippen LogP contribution in [-0.4, -0.2) is 22.8 Å². The van der Waals surface area contributed by atoms with Gasteiger partial charge in [-0.2, -0.15) is 0 Å². The van der Waals surface area contributed by atoms with Gasteiger partial charge in [0.15, 0.2) is 0 Å². The van der Waals surface area contributed by atoms with Crippen molar-refractivity contribution in [1.82, 2.24) is 0 Å². The summed E-state index contributed by atoms with van der Waals surface area (Å²) in [5.74, 6) is 0. The Kier molecular flexibility index (Phi) is 28.8. The van der Waals surface area contributed by atoms with Gasteiger partial charge in [-0.25, -0.2) is 0 Å². The third kappa shape index (κ3) is 24.2. The average molecular weight is 513 g/mol. The van der Waals surface area contributed by atoms with Crippen molar-refractivity contribution in [2.24, 2.45) is 0 Å². The lowest BCUT2D eigenvalue weighted by molar-refractivity contribution is 0.238.